The molecule has 0 atom stereocenters. The van der Waals surface area contributed by atoms with Crippen molar-refractivity contribution in [3.63, 3.8) is 0 Å². The Hall–Kier alpha value is -2.19. The number of hydrogen-bond acceptors (Lipinski definition) is 6. The van der Waals surface area contributed by atoms with E-state index in [9.17, 15) is 0 Å². The highest BCUT2D eigenvalue weighted by Gasteiger charge is 2.14. The van der Waals surface area contributed by atoms with E-state index in [0.29, 0.717) is 19.1 Å². The Bertz CT molecular complexity index is 635. The normalized spacial score (nSPS) is 16.7. The molecule has 29 heavy (non-hydrogen) atoms. The molecule has 8 nitrogen and oxygen atoms in total. The van der Waals surface area contributed by atoms with Gasteiger partial charge in [0.25, 0.3) is 0 Å². The minimum Gasteiger partial charge on any atom is -0.492 e. The molecule has 0 aromatic heterocycles. The molecule has 1 aromatic carbocycles. The zero-order valence-corrected chi connectivity index (χ0v) is 17.3. The molecule has 2 aliphatic rings. The summed E-state index contributed by atoms with van der Waals surface area (Å²) in [6.07, 6.45) is 3.13. The van der Waals surface area contributed by atoms with Gasteiger partial charge in [0, 0.05) is 45.6 Å². The van der Waals surface area contributed by atoms with Crippen LogP contribution < -0.4 is 24.8 Å². The molecule has 1 fully saturated rings. The molecular weight excluding hydrogens is 374 g/mol. The van der Waals surface area contributed by atoms with Gasteiger partial charge in [-0.15, -0.1) is 0 Å². The van der Waals surface area contributed by atoms with E-state index >= 15 is 0 Å². The molecule has 0 saturated carbocycles. The lowest BCUT2D eigenvalue weighted by Crippen LogP contribution is -2.39. The summed E-state index contributed by atoms with van der Waals surface area (Å²) in [5.41, 5.74) is 0. The Morgan fingerprint density at radius 1 is 1.14 bits per heavy atom. The number of aliphatic imine (C=N–C) groups is 1. The second-order valence-electron chi connectivity index (χ2n) is 7.04. The van der Waals surface area contributed by atoms with Crippen LogP contribution in [0.25, 0.3) is 0 Å². The van der Waals surface area contributed by atoms with E-state index in [1.54, 1.807) is 0 Å². The standard InChI is InChI=1S/C21H33N3O5/c1-2-22-21(23-8-3-10-26-15-17-6-11-25-12-7-17)24-9-13-27-18-4-5-19-20(14-18)29-16-28-19/h4-5,14,17H,2-3,6-13,15-16H2,1H3,(H2,22,23,24). The molecule has 3 rings (SSSR count). The summed E-state index contributed by atoms with van der Waals surface area (Å²) >= 11 is 0. The van der Waals surface area contributed by atoms with Crippen LogP contribution in [-0.4, -0.2) is 65.4 Å². The molecule has 8 heteroatoms. The van der Waals surface area contributed by atoms with Crippen LogP contribution in [0.5, 0.6) is 17.2 Å². The van der Waals surface area contributed by atoms with Crippen molar-refractivity contribution in [3.8, 4) is 17.2 Å². The van der Waals surface area contributed by atoms with Gasteiger partial charge in [-0.1, -0.05) is 0 Å². The fraction of sp³-hybridized carbons (Fsp3) is 0.667. The number of hydrogen-bond donors (Lipinski definition) is 2. The summed E-state index contributed by atoms with van der Waals surface area (Å²) in [5.74, 6) is 3.69. The molecule has 0 spiro atoms. The fourth-order valence-electron chi connectivity index (χ4n) is 3.17. The van der Waals surface area contributed by atoms with Gasteiger partial charge in [-0.2, -0.15) is 0 Å². The number of guanidine groups is 1. The first kappa shape index (κ1) is 21.5. The smallest absolute Gasteiger partial charge is 0.231 e. The van der Waals surface area contributed by atoms with Crippen LogP contribution in [0.15, 0.2) is 23.2 Å². The number of fused-ring (bicyclic) bond motifs is 1. The van der Waals surface area contributed by atoms with Gasteiger partial charge in [-0.25, -0.2) is 0 Å². The number of ether oxygens (including phenoxy) is 5. The predicted octanol–water partition coefficient (Wildman–Crippen LogP) is 2.18. The van der Waals surface area contributed by atoms with Crippen molar-refractivity contribution in [3.05, 3.63) is 18.2 Å². The highest BCUT2D eigenvalue weighted by Crippen LogP contribution is 2.34. The van der Waals surface area contributed by atoms with Crippen LogP contribution >= 0.6 is 0 Å². The van der Waals surface area contributed by atoms with Crippen LogP contribution in [0.3, 0.4) is 0 Å². The number of nitrogens with zero attached hydrogens (tertiary/aromatic N) is 1. The van der Waals surface area contributed by atoms with Crippen molar-refractivity contribution in [1.29, 1.82) is 0 Å². The monoisotopic (exact) mass is 407 g/mol. The second kappa shape index (κ2) is 12.4. The van der Waals surface area contributed by atoms with Crippen molar-refractivity contribution < 1.29 is 23.7 Å². The first-order valence-electron chi connectivity index (χ1n) is 10.5. The van der Waals surface area contributed by atoms with Gasteiger partial charge < -0.3 is 34.3 Å². The van der Waals surface area contributed by atoms with Crippen LogP contribution in [-0.2, 0) is 9.47 Å². The fourth-order valence-corrected chi connectivity index (χ4v) is 3.17. The van der Waals surface area contributed by atoms with Crippen molar-refractivity contribution >= 4 is 5.96 Å². The number of benzene rings is 1. The summed E-state index contributed by atoms with van der Waals surface area (Å²) in [6, 6.07) is 5.59. The molecule has 162 valence electrons. The van der Waals surface area contributed by atoms with Gasteiger partial charge >= 0.3 is 0 Å². The summed E-state index contributed by atoms with van der Waals surface area (Å²) in [5, 5.41) is 6.54. The van der Waals surface area contributed by atoms with Gasteiger partial charge in [-0.05, 0) is 44.2 Å². The van der Waals surface area contributed by atoms with E-state index in [2.05, 4.69) is 22.5 Å². The Labute approximate surface area is 172 Å². The summed E-state index contributed by atoms with van der Waals surface area (Å²) in [7, 11) is 0. The molecule has 2 N–H and O–H groups in total. The summed E-state index contributed by atoms with van der Waals surface area (Å²) in [6.45, 7) is 8.36. The van der Waals surface area contributed by atoms with Gasteiger partial charge in [0.2, 0.25) is 6.79 Å². The topological polar surface area (TPSA) is 82.6 Å². The minimum absolute atomic E-state index is 0.267. The molecular formula is C21H33N3O5. The Balaban J connectivity index is 1.27. The Morgan fingerprint density at radius 3 is 2.86 bits per heavy atom. The van der Waals surface area contributed by atoms with Crippen molar-refractivity contribution in [2.75, 3.05) is 59.5 Å². The Kier molecular flexibility index (Phi) is 9.19. The van der Waals surface area contributed by atoms with Gasteiger partial charge in [0.15, 0.2) is 17.5 Å². The molecule has 1 aromatic rings. The van der Waals surface area contributed by atoms with Gasteiger partial charge in [0.1, 0.15) is 12.4 Å². The highest BCUT2D eigenvalue weighted by atomic mass is 16.7. The van der Waals surface area contributed by atoms with Gasteiger partial charge in [0.05, 0.1) is 6.54 Å². The second-order valence-corrected chi connectivity index (χ2v) is 7.04. The maximum Gasteiger partial charge on any atom is 0.231 e. The zero-order valence-electron chi connectivity index (χ0n) is 17.3. The lowest BCUT2D eigenvalue weighted by molar-refractivity contribution is 0.0205. The van der Waals surface area contributed by atoms with Crippen molar-refractivity contribution in [2.45, 2.75) is 26.2 Å². The largest absolute Gasteiger partial charge is 0.492 e. The third-order valence-electron chi connectivity index (χ3n) is 4.76. The minimum atomic E-state index is 0.267. The summed E-state index contributed by atoms with van der Waals surface area (Å²) < 4.78 is 27.6. The van der Waals surface area contributed by atoms with Crippen LogP contribution in [0.2, 0.25) is 0 Å². The molecule has 1 saturated heterocycles. The Morgan fingerprint density at radius 2 is 2.00 bits per heavy atom. The molecule has 0 amide bonds. The third kappa shape index (κ3) is 7.62. The lowest BCUT2D eigenvalue weighted by Gasteiger charge is -2.21. The van der Waals surface area contributed by atoms with Crippen LogP contribution in [0.1, 0.15) is 26.2 Å². The maximum atomic E-state index is 5.79. The van der Waals surface area contributed by atoms with E-state index in [0.717, 1.165) is 82.0 Å². The number of nitrogens with one attached hydrogen (secondary N) is 2. The van der Waals surface area contributed by atoms with Gasteiger partial charge in [-0.3, -0.25) is 4.99 Å². The van der Waals surface area contributed by atoms with Crippen LogP contribution in [0, 0.1) is 5.92 Å². The number of rotatable bonds is 11. The lowest BCUT2D eigenvalue weighted by atomic mass is 10.0. The van der Waals surface area contributed by atoms with Crippen LogP contribution in [0.4, 0.5) is 0 Å². The van der Waals surface area contributed by atoms with E-state index < -0.39 is 0 Å². The first-order chi connectivity index (χ1) is 14.3. The van der Waals surface area contributed by atoms with E-state index in [-0.39, 0.29) is 6.79 Å². The predicted molar refractivity (Wildman–Crippen MR) is 111 cm³/mol. The molecule has 0 bridgehead atoms. The molecule has 0 unspecified atom stereocenters. The molecule has 0 radical (unpaired) electrons. The summed E-state index contributed by atoms with van der Waals surface area (Å²) in [4.78, 5) is 4.59. The SMILES string of the molecule is CCNC(=NCCCOCC1CCOCC1)NCCOc1ccc2c(c1)OCO2. The zero-order chi connectivity index (χ0) is 20.2. The molecule has 2 aliphatic heterocycles. The average molecular weight is 408 g/mol. The first-order valence-corrected chi connectivity index (χ1v) is 10.5. The molecule has 0 aliphatic carbocycles. The van der Waals surface area contributed by atoms with E-state index in [1.165, 1.54) is 0 Å². The average Bonchev–Trinajstić information content (AvgIpc) is 3.22. The quantitative estimate of drug-likeness (QED) is 0.330. The third-order valence-corrected chi connectivity index (χ3v) is 4.76. The van der Waals surface area contributed by atoms with Crippen molar-refractivity contribution in [1.82, 2.24) is 10.6 Å². The van der Waals surface area contributed by atoms with Crippen molar-refractivity contribution in [2.24, 2.45) is 10.9 Å². The maximum absolute atomic E-state index is 5.79. The molecule has 2 heterocycles. The van der Waals surface area contributed by atoms with E-state index in [4.69, 9.17) is 23.7 Å². The highest BCUT2D eigenvalue weighted by molar-refractivity contribution is 5.79. The van der Waals surface area contributed by atoms with E-state index in [1.807, 2.05) is 18.2 Å².